The lowest BCUT2D eigenvalue weighted by Crippen LogP contribution is -2.52. The van der Waals surface area contributed by atoms with E-state index >= 15 is 0 Å². The third-order valence-electron chi connectivity index (χ3n) is 3.49. The van der Waals surface area contributed by atoms with Gasteiger partial charge in [-0.25, -0.2) is 0 Å². The highest BCUT2D eigenvalue weighted by atomic mass is 32.1. The van der Waals surface area contributed by atoms with Crippen LogP contribution in [-0.2, 0) is 6.54 Å². The second kappa shape index (κ2) is 4.24. The fourth-order valence-electron chi connectivity index (χ4n) is 2.01. The van der Waals surface area contributed by atoms with Gasteiger partial charge in [0, 0.05) is 24.0 Å². The van der Waals surface area contributed by atoms with Crippen molar-refractivity contribution in [2.45, 2.75) is 32.9 Å². The van der Waals surface area contributed by atoms with Crippen LogP contribution in [0.4, 0.5) is 0 Å². The topological polar surface area (TPSA) is 29.3 Å². The molecular formula is C12H20N2S. The van der Waals surface area contributed by atoms with Gasteiger partial charge in [0.1, 0.15) is 0 Å². The number of likely N-dealkylation sites (tertiary alicyclic amines) is 1. The molecule has 2 nitrogen and oxygen atoms in total. The van der Waals surface area contributed by atoms with Crippen molar-refractivity contribution < 1.29 is 0 Å². The molecule has 0 radical (unpaired) electrons. The van der Waals surface area contributed by atoms with Crippen molar-refractivity contribution in [2.75, 3.05) is 13.1 Å². The number of thiophene rings is 1. The van der Waals surface area contributed by atoms with Crippen LogP contribution < -0.4 is 5.73 Å². The lowest BCUT2D eigenvalue weighted by molar-refractivity contribution is 0.102. The minimum absolute atomic E-state index is 0.311. The Morgan fingerprint density at radius 3 is 3.00 bits per heavy atom. The Morgan fingerprint density at radius 1 is 1.60 bits per heavy atom. The number of nitrogens with two attached hydrogens (primary N) is 1. The highest BCUT2D eigenvalue weighted by Crippen LogP contribution is 2.29. The first-order valence-electron chi connectivity index (χ1n) is 5.58. The van der Waals surface area contributed by atoms with Crippen molar-refractivity contribution >= 4 is 11.3 Å². The normalized spacial score (nSPS) is 26.7. The summed E-state index contributed by atoms with van der Waals surface area (Å²) in [7, 11) is 0. The maximum Gasteiger partial charge on any atom is 0.0328 e. The summed E-state index contributed by atoms with van der Waals surface area (Å²) < 4.78 is 0. The molecule has 1 aliphatic heterocycles. The predicted molar refractivity (Wildman–Crippen MR) is 66.0 cm³/mol. The van der Waals surface area contributed by atoms with Crippen molar-refractivity contribution in [2.24, 2.45) is 11.1 Å². The predicted octanol–water partition coefficient (Wildman–Crippen LogP) is 2.31. The van der Waals surface area contributed by atoms with Crippen LogP contribution in [0.5, 0.6) is 0 Å². The molecule has 84 valence electrons. The maximum atomic E-state index is 6.19. The average Bonchev–Trinajstić information content (AvgIpc) is 2.65. The molecule has 2 N–H and O–H groups in total. The summed E-state index contributed by atoms with van der Waals surface area (Å²) in [6.07, 6.45) is 1.21. The fourth-order valence-corrected chi connectivity index (χ4v) is 2.76. The zero-order chi connectivity index (χ0) is 10.9. The van der Waals surface area contributed by atoms with Gasteiger partial charge in [-0.3, -0.25) is 4.90 Å². The molecule has 1 aromatic heterocycles. The number of hydrogen-bond acceptors (Lipinski definition) is 3. The Balaban J connectivity index is 1.92. The molecule has 1 fully saturated rings. The van der Waals surface area contributed by atoms with Crippen LogP contribution in [0, 0.1) is 5.41 Å². The molecule has 0 amide bonds. The number of nitrogens with zero attached hydrogens (tertiary/aromatic N) is 1. The van der Waals surface area contributed by atoms with Crippen LogP contribution in [0.1, 0.15) is 25.1 Å². The summed E-state index contributed by atoms with van der Waals surface area (Å²) >= 11 is 1.84. The Morgan fingerprint density at radius 2 is 2.40 bits per heavy atom. The van der Waals surface area contributed by atoms with Crippen molar-refractivity contribution in [3.05, 3.63) is 22.4 Å². The molecule has 0 aromatic carbocycles. The molecule has 0 spiro atoms. The minimum atomic E-state index is 0.311. The van der Waals surface area contributed by atoms with E-state index in [2.05, 4.69) is 36.3 Å². The van der Waals surface area contributed by atoms with Crippen LogP contribution in [0.2, 0.25) is 0 Å². The third kappa shape index (κ3) is 2.60. The number of hydrogen-bond donors (Lipinski definition) is 1. The van der Waals surface area contributed by atoms with Gasteiger partial charge < -0.3 is 5.73 Å². The first kappa shape index (κ1) is 11.1. The van der Waals surface area contributed by atoms with Crippen LogP contribution in [0.3, 0.4) is 0 Å². The van der Waals surface area contributed by atoms with Crippen molar-refractivity contribution in [3.63, 3.8) is 0 Å². The van der Waals surface area contributed by atoms with Crippen molar-refractivity contribution in [1.29, 1.82) is 0 Å². The van der Waals surface area contributed by atoms with Gasteiger partial charge in [-0.1, -0.05) is 19.9 Å². The molecule has 1 saturated heterocycles. The van der Waals surface area contributed by atoms with E-state index in [9.17, 15) is 0 Å². The van der Waals surface area contributed by atoms with Gasteiger partial charge in [-0.2, -0.15) is 0 Å². The molecule has 2 heterocycles. The molecule has 1 aromatic rings. The van der Waals surface area contributed by atoms with Gasteiger partial charge in [-0.05, 0) is 29.8 Å². The van der Waals surface area contributed by atoms with E-state index in [1.807, 2.05) is 11.3 Å². The molecule has 1 atom stereocenters. The van der Waals surface area contributed by atoms with Crippen LogP contribution in [0.15, 0.2) is 17.5 Å². The summed E-state index contributed by atoms with van der Waals surface area (Å²) in [6.45, 7) is 7.84. The van der Waals surface area contributed by atoms with E-state index in [0.29, 0.717) is 11.5 Å². The second-order valence-corrected chi connectivity index (χ2v) is 6.19. The SMILES string of the molecule is CC1(C)CCN(Cc2cccs2)CC1N. The fraction of sp³-hybridized carbons (Fsp3) is 0.667. The highest BCUT2D eigenvalue weighted by molar-refractivity contribution is 7.09. The quantitative estimate of drug-likeness (QED) is 0.835. The number of rotatable bonds is 2. The zero-order valence-electron chi connectivity index (χ0n) is 9.57. The first-order chi connectivity index (χ1) is 7.08. The highest BCUT2D eigenvalue weighted by Gasteiger charge is 2.32. The van der Waals surface area contributed by atoms with Gasteiger partial charge in [-0.15, -0.1) is 11.3 Å². The van der Waals surface area contributed by atoms with E-state index in [0.717, 1.165) is 13.1 Å². The van der Waals surface area contributed by atoms with E-state index in [4.69, 9.17) is 5.73 Å². The van der Waals surface area contributed by atoms with Gasteiger partial charge in [0.2, 0.25) is 0 Å². The first-order valence-corrected chi connectivity index (χ1v) is 6.46. The monoisotopic (exact) mass is 224 g/mol. The molecule has 0 aliphatic carbocycles. The van der Waals surface area contributed by atoms with Crippen LogP contribution in [-0.4, -0.2) is 24.0 Å². The van der Waals surface area contributed by atoms with Crippen LogP contribution in [0.25, 0.3) is 0 Å². The van der Waals surface area contributed by atoms with E-state index in [1.165, 1.54) is 17.8 Å². The van der Waals surface area contributed by atoms with Crippen LogP contribution >= 0.6 is 11.3 Å². The zero-order valence-corrected chi connectivity index (χ0v) is 10.4. The van der Waals surface area contributed by atoms with Gasteiger partial charge >= 0.3 is 0 Å². The molecule has 0 saturated carbocycles. The summed E-state index contributed by atoms with van der Waals surface area (Å²) in [4.78, 5) is 3.92. The Labute approximate surface area is 96.1 Å². The average molecular weight is 224 g/mol. The number of piperidine rings is 1. The minimum Gasteiger partial charge on any atom is -0.326 e. The molecule has 3 heteroatoms. The molecule has 2 rings (SSSR count). The van der Waals surface area contributed by atoms with Gasteiger partial charge in [0.15, 0.2) is 0 Å². The Hall–Kier alpha value is -0.380. The second-order valence-electron chi connectivity index (χ2n) is 5.16. The van der Waals surface area contributed by atoms with Gasteiger partial charge in [0.05, 0.1) is 0 Å². The molecule has 1 aliphatic rings. The van der Waals surface area contributed by atoms with Crippen molar-refractivity contribution in [1.82, 2.24) is 4.90 Å². The Bertz CT molecular complexity index is 305. The summed E-state index contributed by atoms with van der Waals surface area (Å²) in [6, 6.07) is 4.63. The molecule has 0 bridgehead atoms. The van der Waals surface area contributed by atoms with Crippen molar-refractivity contribution in [3.8, 4) is 0 Å². The van der Waals surface area contributed by atoms with E-state index < -0.39 is 0 Å². The summed E-state index contributed by atoms with van der Waals surface area (Å²) in [5.74, 6) is 0. The van der Waals surface area contributed by atoms with Gasteiger partial charge in [0.25, 0.3) is 0 Å². The van der Waals surface area contributed by atoms with E-state index in [-0.39, 0.29) is 0 Å². The third-order valence-corrected chi connectivity index (χ3v) is 4.35. The molecule has 1 unspecified atom stereocenters. The maximum absolute atomic E-state index is 6.19. The Kier molecular flexibility index (Phi) is 3.14. The summed E-state index contributed by atoms with van der Waals surface area (Å²) in [5.41, 5.74) is 6.51. The molecule has 15 heavy (non-hydrogen) atoms. The van der Waals surface area contributed by atoms with E-state index in [1.54, 1.807) is 0 Å². The smallest absolute Gasteiger partial charge is 0.0328 e. The lowest BCUT2D eigenvalue weighted by atomic mass is 9.78. The summed E-state index contributed by atoms with van der Waals surface area (Å²) in [5, 5.41) is 2.14. The molecular weight excluding hydrogens is 204 g/mol. The lowest BCUT2D eigenvalue weighted by Gasteiger charge is -2.42. The standard InChI is InChI=1S/C12H20N2S/c1-12(2)5-6-14(9-11(12)13)8-10-4-3-7-15-10/h3-4,7,11H,5-6,8-9,13H2,1-2H3. The largest absolute Gasteiger partial charge is 0.326 e.